The predicted molar refractivity (Wildman–Crippen MR) is 103 cm³/mol. The van der Waals surface area contributed by atoms with E-state index in [2.05, 4.69) is 15.2 Å². The molecule has 144 valence electrons. The summed E-state index contributed by atoms with van der Waals surface area (Å²) < 4.78 is 16.1. The molecule has 1 aromatic carbocycles. The summed E-state index contributed by atoms with van der Waals surface area (Å²) in [6, 6.07) is 8.89. The number of benzene rings is 1. The molecular formula is C20H25N3O4. The van der Waals surface area contributed by atoms with Crippen LogP contribution in [0.15, 0.2) is 36.5 Å². The lowest BCUT2D eigenvalue weighted by molar-refractivity contribution is 0.0937. The molecule has 1 aromatic heterocycles. The number of morpholine rings is 1. The van der Waals surface area contributed by atoms with Crippen molar-refractivity contribution in [3.63, 3.8) is 0 Å². The number of hydrogen-bond donors (Lipinski definition) is 1. The van der Waals surface area contributed by atoms with Crippen LogP contribution in [0.5, 0.6) is 11.5 Å². The number of carbonyl (C=O) groups is 1. The van der Waals surface area contributed by atoms with Gasteiger partial charge < -0.3 is 24.4 Å². The van der Waals surface area contributed by atoms with Gasteiger partial charge in [-0.15, -0.1) is 0 Å². The summed E-state index contributed by atoms with van der Waals surface area (Å²) in [5, 5.41) is 3.05. The molecule has 7 heteroatoms. The molecule has 1 aliphatic heterocycles. The van der Waals surface area contributed by atoms with Gasteiger partial charge in [0.05, 0.1) is 39.0 Å². The fourth-order valence-corrected chi connectivity index (χ4v) is 3.13. The molecule has 1 aliphatic rings. The molecule has 0 spiro atoms. The molecule has 27 heavy (non-hydrogen) atoms. The number of nitrogens with one attached hydrogen (secondary N) is 1. The van der Waals surface area contributed by atoms with Crippen molar-refractivity contribution in [1.82, 2.24) is 10.3 Å². The lowest BCUT2D eigenvalue weighted by Gasteiger charge is -2.29. The third-order valence-electron chi connectivity index (χ3n) is 4.60. The maximum atomic E-state index is 12.9. The zero-order chi connectivity index (χ0) is 19.2. The number of ether oxygens (including phenoxy) is 3. The number of hydrogen-bond acceptors (Lipinski definition) is 6. The highest BCUT2D eigenvalue weighted by Crippen LogP contribution is 2.30. The van der Waals surface area contributed by atoms with E-state index in [1.807, 2.05) is 19.1 Å². The molecule has 7 nitrogen and oxygen atoms in total. The SMILES string of the molecule is COc1ccc(C(C)NC(=O)c2cccnc2N2CCOCC2)c(OC)c1. The van der Waals surface area contributed by atoms with E-state index >= 15 is 0 Å². The van der Waals surface area contributed by atoms with Crippen LogP contribution in [0.3, 0.4) is 0 Å². The van der Waals surface area contributed by atoms with Crippen LogP contribution in [-0.4, -0.2) is 51.4 Å². The quantitative estimate of drug-likeness (QED) is 0.841. The number of rotatable bonds is 6. The molecule has 1 saturated heterocycles. The van der Waals surface area contributed by atoms with Crippen molar-refractivity contribution in [2.24, 2.45) is 0 Å². The van der Waals surface area contributed by atoms with Crippen molar-refractivity contribution < 1.29 is 19.0 Å². The molecule has 2 heterocycles. The molecule has 1 N–H and O–H groups in total. The average Bonchev–Trinajstić information content (AvgIpc) is 2.73. The number of pyridine rings is 1. The largest absolute Gasteiger partial charge is 0.497 e. The second-order valence-corrected chi connectivity index (χ2v) is 6.28. The van der Waals surface area contributed by atoms with E-state index in [0.29, 0.717) is 36.1 Å². The molecule has 0 radical (unpaired) electrons. The Balaban J connectivity index is 1.79. The van der Waals surface area contributed by atoms with Crippen LogP contribution < -0.4 is 19.7 Å². The highest BCUT2D eigenvalue weighted by molar-refractivity contribution is 5.99. The molecule has 0 saturated carbocycles. The van der Waals surface area contributed by atoms with E-state index in [9.17, 15) is 4.79 Å². The summed E-state index contributed by atoms with van der Waals surface area (Å²) in [7, 11) is 3.21. The van der Waals surface area contributed by atoms with Crippen LogP contribution in [-0.2, 0) is 4.74 Å². The van der Waals surface area contributed by atoms with Crippen LogP contribution in [0.25, 0.3) is 0 Å². The van der Waals surface area contributed by atoms with Crippen molar-refractivity contribution in [2.75, 3.05) is 45.4 Å². The summed E-state index contributed by atoms with van der Waals surface area (Å²) in [4.78, 5) is 19.4. The molecule has 3 rings (SSSR count). The second kappa shape index (κ2) is 8.73. The van der Waals surface area contributed by atoms with E-state index < -0.39 is 0 Å². The molecule has 1 atom stereocenters. The monoisotopic (exact) mass is 371 g/mol. The van der Waals surface area contributed by atoms with Gasteiger partial charge in [0.15, 0.2) is 0 Å². The minimum absolute atomic E-state index is 0.171. The van der Waals surface area contributed by atoms with E-state index in [4.69, 9.17) is 14.2 Å². The Morgan fingerprint density at radius 3 is 2.70 bits per heavy atom. The van der Waals surface area contributed by atoms with Crippen LogP contribution in [0, 0.1) is 0 Å². The highest BCUT2D eigenvalue weighted by Gasteiger charge is 2.22. The van der Waals surface area contributed by atoms with Crippen LogP contribution in [0.2, 0.25) is 0 Å². The first-order chi connectivity index (χ1) is 13.1. The summed E-state index contributed by atoms with van der Waals surface area (Å²) in [6.45, 7) is 4.64. The molecule has 1 fully saturated rings. The predicted octanol–water partition coefficient (Wildman–Crippen LogP) is 2.43. The Bertz CT molecular complexity index is 791. The molecular weight excluding hydrogens is 346 g/mol. The smallest absolute Gasteiger partial charge is 0.255 e. The molecule has 2 aromatic rings. The fourth-order valence-electron chi connectivity index (χ4n) is 3.13. The third kappa shape index (κ3) is 4.31. The van der Waals surface area contributed by atoms with Gasteiger partial charge in [-0.2, -0.15) is 0 Å². The van der Waals surface area contributed by atoms with Gasteiger partial charge in [0, 0.05) is 30.9 Å². The van der Waals surface area contributed by atoms with E-state index in [1.54, 1.807) is 38.6 Å². The lowest BCUT2D eigenvalue weighted by atomic mass is 10.1. The second-order valence-electron chi connectivity index (χ2n) is 6.28. The zero-order valence-corrected chi connectivity index (χ0v) is 15.9. The lowest BCUT2D eigenvalue weighted by Crippen LogP contribution is -2.38. The molecule has 1 unspecified atom stereocenters. The number of nitrogens with zero attached hydrogens (tertiary/aromatic N) is 2. The maximum Gasteiger partial charge on any atom is 0.255 e. The van der Waals surface area contributed by atoms with Crippen molar-refractivity contribution >= 4 is 11.7 Å². The van der Waals surface area contributed by atoms with Gasteiger partial charge in [0.1, 0.15) is 17.3 Å². The Labute approximate surface area is 159 Å². The molecule has 0 aliphatic carbocycles. The van der Waals surface area contributed by atoms with Gasteiger partial charge in [-0.1, -0.05) is 0 Å². The van der Waals surface area contributed by atoms with Crippen molar-refractivity contribution in [1.29, 1.82) is 0 Å². The molecule has 1 amide bonds. The van der Waals surface area contributed by atoms with Gasteiger partial charge in [-0.25, -0.2) is 4.98 Å². The van der Waals surface area contributed by atoms with Crippen molar-refractivity contribution in [3.05, 3.63) is 47.7 Å². The number of aromatic nitrogens is 1. The normalized spacial score (nSPS) is 15.1. The molecule has 0 bridgehead atoms. The van der Waals surface area contributed by atoms with Gasteiger partial charge in [-0.3, -0.25) is 4.79 Å². The standard InChI is InChI=1S/C20H25N3O4/c1-14(16-7-6-15(25-2)13-18(16)26-3)22-20(24)17-5-4-8-21-19(17)23-9-11-27-12-10-23/h4-8,13-14H,9-12H2,1-3H3,(H,22,24). The number of methoxy groups -OCH3 is 2. The summed E-state index contributed by atoms with van der Waals surface area (Å²) in [5.41, 5.74) is 1.43. The first kappa shape index (κ1) is 19.0. The number of anilines is 1. The Morgan fingerprint density at radius 1 is 1.22 bits per heavy atom. The Kier molecular flexibility index (Phi) is 6.13. The minimum Gasteiger partial charge on any atom is -0.497 e. The Hall–Kier alpha value is -2.80. The van der Waals surface area contributed by atoms with Crippen LogP contribution >= 0.6 is 0 Å². The Morgan fingerprint density at radius 2 is 2.00 bits per heavy atom. The van der Waals surface area contributed by atoms with E-state index in [0.717, 1.165) is 18.7 Å². The van der Waals surface area contributed by atoms with Gasteiger partial charge in [0.2, 0.25) is 0 Å². The first-order valence-corrected chi connectivity index (χ1v) is 8.94. The minimum atomic E-state index is -0.240. The maximum absolute atomic E-state index is 12.9. The summed E-state index contributed by atoms with van der Waals surface area (Å²) in [6.07, 6.45) is 1.71. The van der Waals surface area contributed by atoms with Crippen LogP contribution in [0.4, 0.5) is 5.82 Å². The van der Waals surface area contributed by atoms with E-state index in [1.165, 1.54) is 0 Å². The van der Waals surface area contributed by atoms with E-state index in [-0.39, 0.29) is 11.9 Å². The highest BCUT2D eigenvalue weighted by atomic mass is 16.5. The van der Waals surface area contributed by atoms with Gasteiger partial charge >= 0.3 is 0 Å². The summed E-state index contributed by atoms with van der Waals surface area (Å²) >= 11 is 0. The number of carbonyl (C=O) groups excluding carboxylic acids is 1. The topological polar surface area (TPSA) is 72.9 Å². The first-order valence-electron chi connectivity index (χ1n) is 8.94. The van der Waals surface area contributed by atoms with Gasteiger partial charge in [-0.05, 0) is 31.2 Å². The summed E-state index contributed by atoms with van der Waals surface area (Å²) in [5.74, 6) is 1.89. The zero-order valence-electron chi connectivity index (χ0n) is 15.9. The van der Waals surface area contributed by atoms with Crippen molar-refractivity contribution in [3.8, 4) is 11.5 Å². The average molecular weight is 371 g/mol. The van der Waals surface area contributed by atoms with Crippen molar-refractivity contribution in [2.45, 2.75) is 13.0 Å². The van der Waals surface area contributed by atoms with Crippen LogP contribution in [0.1, 0.15) is 28.9 Å². The third-order valence-corrected chi connectivity index (χ3v) is 4.60. The van der Waals surface area contributed by atoms with Gasteiger partial charge in [0.25, 0.3) is 5.91 Å². The fraction of sp³-hybridized carbons (Fsp3) is 0.400. The number of amides is 1.